The molecule has 0 heterocycles. The van der Waals surface area contributed by atoms with Gasteiger partial charge < -0.3 is 15.4 Å². The van der Waals surface area contributed by atoms with Gasteiger partial charge in [-0.05, 0) is 48.4 Å². The number of anilines is 1. The van der Waals surface area contributed by atoms with Crippen LogP contribution in [0.4, 0.5) is 14.9 Å². The van der Waals surface area contributed by atoms with Crippen molar-refractivity contribution in [2.24, 2.45) is 0 Å². The van der Waals surface area contributed by atoms with Crippen molar-refractivity contribution in [3.05, 3.63) is 59.9 Å². The second-order valence-electron chi connectivity index (χ2n) is 4.73. The third kappa shape index (κ3) is 5.09. The van der Waals surface area contributed by atoms with Crippen molar-refractivity contribution >= 4 is 11.7 Å². The Morgan fingerprint density at radius 1 is 1.09 bits per heavy atom. The molecule has 5 heteroatoms. The first-order chi connectivity index (χ1) is 10.7. The molecule has 0 radical (unpaired) electrons. The third-order valence-electron chi connectivity index (χ3n) is 3.09. The Morgan fingerprint density at radius 2 is 1.77 bits per heavy atom. The lowest BCUT2D eigenvalue weighted by atomic mass is 10.2. The standard InChI is InChI=1S/C17H19FN2O2/c1-2-13-3-9-16(10-4-13)22-12-11-19-17(21)20-15-7-5-14(18)6-8-15/h3-10H,2,11-12H2,1H3,(H2,19,20,21). The van der Waals surface area contributed by atoms with Crippen LogP contribution >= 0.6 is 0 Å². The summed E-state index contributed by atoms with van der Waals surface area (Å²) in [7, 11) is 0. The number of benzene rings is 2. The maximum absolute atomic E-state index is 12.7. The fourth-order valence-corrected chi connectivity index (χ4v) is 1.86. The van der Waals surface area contributed by atoms with Crippen LogP contribution in [0.25, 0.3) is 0 Å². The maximum Gasteiger partial charge on any atom is 0.319 e. The molecular formula is C17H19FN2O2. The van der Waals surface area contributed by atoms with Gasteiger partial charge in [0.1, 0.15) is 18.2 Å². The molecule has 0 fully saturated rings. The third-order valence-corrected chi connectivity index (χ3v) is 3.09. The van der Waals surface area contributed by atoms with Gasteiger partial charge in [0.2, 0.25) is 0 Å². The average molecular weight is 302 g/mol. The molecule has 116 valence electrons. The molecule has 0 aliphatic rings. The van der Waals surface area contributed by atoms with Gasteiger partial charge in [-0.1, -0.05) is 19.1 Å². The summed E-state index contributed by atoms with van der Waals surface area (Å²) in [6.45, 7) is 2.85. The quantitative estimate of drug-likeness (QED) is 0.801. The minimum Gasteiger partial charge on any atom is -0.492 e. The highest BCUT2D eigenvalue weighted by atomic mass is 19.1. The maximum atomic E-state index is 12.7. The molecular weight excluding hydrogens is 283 g/mol. The molecule has 0 aliphatic carbocycles. The number of halogens is 1. The van der Waals surface area contributed by atoms with E-state index >= 15 is 0 Å². The smallest absolute Gasteiger partial charge is 0.319 e. The summed E-state index contributed by atoms with van der Waals surface area (Å²) in [4.78, 5) is 11.6. The van der Waals surface area contributed by atoms with E-state index in [4.69, 9.17) is 4.74 Å². The second-order valence-corrected chi connectivity index (χ2v) is 4.73. The van der Waals surface area contributed by atoms with Gasteiger partial charge in [-0.15, -0.1) is 0 Å². The van der Waals surface area contributed by atoms with Gasteiger partial charge in [-0.2, -0.15) is 0 Å². The number of aryl methyl sites for hydroxylation is 1. The van der Waals surface area contributed by atoms with Crippen LogP contribution in [0.1, 0.15) is 12.5 Å². The second kappa shape index (κ2) is 8.02. The van der Waals surface area contributed by atoms with E-state index in [1.165, 1.54) is 29.8 Å². The van der Waals surface area contributed by atoms with Crippen molar-refractivity contribution in [1.82, 2.24) is 5.32 Å². The van der Waals surface area contributed by atoms with Crippen molar-refractivity contribution in [2.45, 2.75) is 13.3 Å². The molecule has 0 bridgehead atoms. The van der Waals surface area contributed by atoms with E-state index < -0.39 is 0 Å². The van der Waals surface area contributed by atoms with Crippen LogP contribution in [-0.4, -0.2) is 19.2 Å². The highest BCUT2D eigenvalue weighted by Crippen LogP contribution is 2.12. The van der Waals surface area contributed by atoms with Crippen LogP contribution < -0.4 is 15.4 Å². The molecule has 2 amide bonds. The topological polar surface area (TPSA) is 50.4 Å². The van der Waals surface area contributed by atoms with Crippen LogP contribution in [0.5, 0.6) is 5.75 Å². The number of carbonyl (C=O) groups is 1. The Morgan fingerprint density at radius 3 is 2.41 bits per heavy atom. The van der Waals surface area contributed by atoms with Crippen molar-refractivity contribution in [2.75, 3.05) is 18.5 Å². The summed E-state index contributed by atoms with van der Waals surface area (Å²) in [6.07, 6.45) is 0.991. The Kier molecular flexibility index (Phi) is 5.77. The summed E-state index contributed by atoms with van der Waals surface area (Å²) in [6, 6.07) is 13.1. The molecule has 0 saturated carbocycles. The van der Waals surface area contributed by atoms with Crippen LogP contribution in [0.2, 0.25) is 0 Å². The van der Waals surface area contributed by atoms with Gasteiger partial charge in [0.25, 0.3) is 0 Å². The highest BCUT2D eigenvalue weighted by molar-refractivity contribution is 5.89. The van der Waals surface area contributed by atoms with Crippen LogP contribution in [0, 0.1) is 5.82 Å². The number of rotatable bonds is 6. The molecule has 2 aromatic carbocycles. The first-order valence-electron chi connectivity index (χ1n) is 7.19. The first-order valence-corrected chi connectivity index (χ1v) is 7.19. The number of hydrogen-bond donors (Lipinski definition) is 2. The molecule has 0 unspecified atom stereocenters. The summed E-state index contributed by atoms with van der Waals surface area (Å²) in [5, 5.41) is 5.28. The Hall–Kier alpha value is -2.56. The molecule has 22 heavy (non-hydrogen) atoms. The lowest BCUT2D eigenvalue weighted by Gasteiger charge is -2.09. The van der Waals surface area contributed by atoms with Crippen LogP contribution in [0.3, 0.4) is 0 Å². The zero-order valence-corrected chi connectivity index (χ0v) is 12.4. The molecule has 0 saturated heterocycles. The van der Waals surface area contributed by atoms with Crippen LogP contribution in [0.15, 0.2) is 48.5 Å². The van der Waals surface area contributed by atoms with E-state index in [9.17, 15) is 9.18 Å². The van der Waals surface area contributed by atoms with Gasteiger partial charge in [-0.25, -0.2) is 9.18 Å². The monoisotopic (exact) mass is 302 g/mol. The molecule has 2 aromatic rings. The van der Waals surface area contributed by atoms with Crippen molar-refractivity contribution < 1.29 is 13.9 Å². The normalized spacial score (nSPS) is 10.1. The highest BCUT2D eigenvalue weighted by Gasteiger charge is 2.01. The summed E-state index contributed by atoms with van der Waals surface area (Å²) >= 11 is 0. The van der Waals surface area contributed by atoms with E-state index in [-0.39, 0.29) is 11.8 Å². The molecule has 0 spiro atoms. The molecule has 0 aromatic heterocycles. The van der Waals surface area contributed by atoms with Gasteiger partial charge >= 0.3 is 6.03 Å². The average Bonchev–Trinajstić information content (AvgIpc) is 2.54. The number of ether oxygens (including phenoxy) is 1. The Labute approximate surface area is 129 Å². The van der Waals surface area contributed by atoms with Crippen molar-refractivity contribution in [3.63, 3.8) is 0 Å². The molecule has 0 aliphatic heterocycles. The zero-order valence-electron chi connectivity index (χ0n) is 12.4. The minimum atomic E-state index is -0.350. The first kappa shape index (κ1) is 15.8. The van der Waals surface area contributed by atoms with Gasteiger partial charge in [0, 0.05) is 5.69 Å². The predicted molar refractivity (Wildman–Crippen MR) is 84.7 cm³/mol. The summed E-state index contributed by atoms with van der Waals surface area (Å²) < 4.78 is 18.3. The van der Waals surface area contributed by atoms with E-state index in [2.05, 4.69) is 17.6 Å². The number of urea groups is 1. The number of amides is 2. The predicted octanol–water partition coefficient (Wildman–Crippen LogP) is 3.59. The van der Waals surface area contributed by atoms with Crippen molar-refractivity contribution in [1.29, 1.82) is 0 Å². The van der Waals surface area contributed by atoms with E-state index in [1.807, 2.05) is 24.3 Å². The number of nitrogens with one attached hydrogen (secondary N) is 2. The van der Waals surface area contributed by atoms with E-state index in [0.29, 0.717) is 18.8 Å². The van der Waals surface area contributed by atoms with Gasteiger partial charge in [-0.3, -0.25) is 0 Å². The van der Waals surface area contributed by atoms with Gasteiger partial charge in [0.15, 0.2) is 0 Å². The molecule has 0 atom stereocenters. The number of hydrogen-bond acceptors (Lipinski definition) is 2. The fourth-order valence-electron chi connectivity index (χ4n) is 1.86. The van der Waals surface area contributed by atoms with Crippen molar-refractivity contribution in [3.8, 4) is 5.75 Å². The largest absolute Gasteiger partial charge is 0.492 e. The lowest BCUT2D eigenvalue weighted by Crippen LogP contribution is -2.32. The Balaban J connectivity index is 1.67. The van der Waals surface area contributed by atoms with E-state index in [1.54, 1.807) is 0 Å². The minimum absolute atomic E-state index is 0.339. The zero-order chi connectivity index (χ0) is 15.8. The molecule has 2 N–H and O–H groups in total. The van der Waals surface area contributed by atoms with E-state index in [0.717, 1.165) is 12.2 Å². The SMILES string of the molecule is CCc1ccc(OCCNC(=O)Nc2ccc(F)cc2)cc1. The lowest BCUT2D eigenvalue weighted by molar-refractivity contribution is 0.247. The summed E-state index contributed by atoms with van der Waals surface area (Å²) in [5.74, 6) is 0.436. The molecule has 2 rings (SSSR count). The fraction of sp³-hybridized carbons (Fsp3) is 0.235. The molecule has 4 nitrogen and oxygen atoms in total. The Bertz CT molecular complexity index is 597. The number of carbonyl (C=O) groups excluding carboxylic acids is 1. The van der Waals surface area contributed by atoms with Gasteiger partial charge in [0.05, 0.1) is 6.54 Å². The summed E-state index contributed by atoms with van der Waals surface area (Å²) in [5.41, 5.74) is 1.79. The van der Waals surface area contributed by atoms with Crippen LogP contribution in [-0.2, 0) is 6.42 Å².